The number of hydrogen-bond acceptors (Lipinski definition) is 5. The Kier molecular flexibility index (Phi) is 11.5. The molecule has 5 fully saturated rings. The van der Waals surface area contributed by atoms with E-state index < -0.39 is 24.3 Å². The van der Waals surface area contributed by atoms with Gasteiger partial charge in [0.05, 0.1) is 17.9 Å². The van der Waals surface area contributed by atoms with Crippen LogP contribution in [0.1, 0.15) is 151 Å². The van der Waals surface area contributed by atoms with Crippen LogP contribution in [0.5, 0.6) is 0 Å². The van der Waals surface area contributed by atoms with Gasteiger partial charge in [-0.3, -0.25) is 14.4 Å². The van der Waals surface area contributed by atoms with Crippen LogP contribution in [0.4, 0.5) is 0 Å². The number of aliphatic carboxylic acids is 1. The highest BCUT2D eigenvalue weighted by atomic mass is 16.4. The van der Waals surface area contributed by atoms with E-state index in [2.05, 4.69) is 58.8 Å². The highest BCUT2D eigenvalue weighted by Gasteiger charge is 2.71. The lowest BCUT2D eigenvalue weighted by molar-refractivity contribution is -0.246. The highest BCUT2D eigenvalue weighted by Crippen LogP contribution is 2.77. The molecule has 0 heterocycles. The SMILES string of the molecule is C=C(C)[C@@H]1CC[C@]2(C(=O)NCCCCCCCC(=O)N[C@@H](CC(N)=O)C(=O)O)CC[C@]3(C)[C@H](CCC4[C@@]5(C)CC[C@H](O)C(C)(C)[C@@H]5CC[C@]43C)[C@@H]12. The largest absolute Gasteiger partial charge is 0.480 e. The molecule has 0 spiro atoms. The third kappa shape index (κ3) is 6.91. The van der Waals surface area contributed by atoms with Crippen LogP contribution in [-0.4, -0.2) is 52.6 Å². The number of nitrogens with two attached hydrogens (primary N) is 1. The first-order valence-electron chi connectivity index (χ1n) is 20.3. The second-order valence-corrected chi connectivity index (χ2v) is 19.1. The second-order valence-electron chi connectivity index (χ2n) is 19.1. The minimum absolute atomic E-state index is 0.0551. The minimum Gasteiger partial charge on any atom is -0.480 e. The first-order chi connectivity index (χ1) is 23.8. The molecule has 1 unspecified atom stereocenters. The van der Waals surface area contributed by atoms with Crippen LogP contribution in [0.3, 0.4) is 0 Å². The summed E-state index contributed by atoms with van der Waals surface area (Å²) in [6.07, 6.45) is 14.7. The number of hydrogen-bond donors (Lipinski definition) is 5. The molecule has 3 amide bonds. The van der Waals surface area contributed by atoms with Crippen molar-refractivity contribution in [1.82, 2.24) is 10.6 Å². The van der Waals surface area contributed by atoms with Crippen molar-refractivity contribution >= 4 is 23.7 Å². The third-order valence-corrected chi connectivity index (χ3v) is 16.4. The van der Waals surface area contributed by atoms with Gasteiger partial charge in [0.1, 0.15) is 6.04 Å². The molecule has 51 heavy (non-hydrogen) atoms. The predicted molar refractivity (Wildman–Crippen MR) is 199 cm³/mol. The van der Waals surface area contributed by atoms with E-state index in [4.69, 9.17) is 5.73 Å². The van der Waals surface area contributed by atoms with Gasteiger partial charge < -0.3 is 26.6 Å². The summed E-state index contributed by atoms with van der Waals surface area (Å²) in [7, 11) is 0. The van der Waals surface area contributed by atoms with Crippen molar-refractivity contribution in [3.05, 3.63) is 12.2 Å². The molecule has 0 aromatic carbocycles. The maximum Gasteiger partial charge on any atom is 0.326 e. The Bertz CT molecular complexity index is 1360. The fraction of sp³-hybridized carbons (Fsp3) is 0.857. The summed E-state index contributed by atoms with van der Waals surface area (Å²) in [5, 5.41) is 26.1. The second kappa shape index (κ2) is 14.8. The Labute approximate surface area is 307 Å². The van der Waals surface area contributed by atoms with Crippen molar-refractivity contribution in [1.29, 1.82) is 0 Å². The third-order valence-electron chi connectivity index (χ3n) is 16.4. The zero-order valence-corrected chi connectivity index (χ0v) is 32.6. The zero-order valence-electron chi connectivity index (χ0n) is 32.6. The van der Waals surface area contributed by atoms with Crippen molar-refractivity contribution < 1.29 is 29.4 Å². The van der Waals surface area contributed by atoms with Gasteiger partial charge in [-0.1, -0.05) is 66.0 Å². The number of carbonyl (C=O) groups is 4. The number of aliphatic hydroxyl groups is 1. The number of allylic oxidation sites excluding steroid dienone is 1. The van der Waals surface area contributed by atoms with E-state index in [0.717, 1.165) is 64.2 Å². The predicted octanol–water partition coefficient (Wildman–Crippen LogP) is 6.91. The molecular weight excluding hydrogens is 642 g/mol. The van der Waals surface area contributed by atoms with Gasteiger partial charge in [-0.2, -0.15) is 0 Å². The monoisotopic (exact) mass is 712 g/mol. The number of carbonyl (C=O) groups excluding carboxylic acids is 3. The Morgan fingerprint density at radius 2 is 1.51 bits per heavy atom. The molecule has 0 aromatic heterocycles. The molecule has 5 saturated carbocycles. The maximum atomic E-state index is 14.4. The lowest BCUT2D eigenvalue weighted by Crippen LogP contribution is -2.67. The average molecular weight is 712 g/mol. The van der Waals surface area contributed by atoms with Crippen LogP contribution in [0.25, 0.3) is 0 Å². The van der Waals surface area contributed by atoms with Gasteiger partial charge in [-0.15, -0.1) is 0 Å². The van der Waals surface area contributed by atoms with Gasteiger partial charge in [0, 0.05) is 13.0 Å². The highest BCUT2D eigenvalue weighted by molar-refractivity contribution is 5.88. The number of carboxylic acids is 1. The Hall–Kier alpha value is -2.42. The van der Waals surface area contributed by atoms with Crippen molar-refractivity contribution in [2.45, 2.75) is 163 Å². The Balaban J connectivity index is 1.18. The smallest absolute Gasteiger partial charge is 0.326 e. The summed E-state index contributed by atoms with van der Waals surface area (Å²) < 4.78 is 0. The number of aliphatic hydroxyl groups excluding tert-OH is 1. The number of rotatable bonds is 14. The summed E-state index contributed by atoms with van der Waals surface area (Å²) in [5.74, 6) is 0.227. The normalized spacial score (nSPS) is 40.1. The quantitative estimate of drug-likeness (QED) is 0.0974. The van der Waals surface area contributed by atoms with Crippen molar-refractivity contribution in [2.24, 2.45) is 62.4 Å². The summed E-state index contributed by atoms with van der Waals surface area (Å²) in [6.45, 7) is 19.8. The molecule has 11 atom stereocenters. The fourth-order valence-electron chi connectivity index (χ4n) is 13.5. The van der Waals surface area contributed by atoms with E-state index in [0.29, 0.717) is 42.6 Å². The number of primary amides is 1. The standard InChI is InChI=1S/C42H69N3O6/c1-26(2)27-16-21-42(37(51)44-24-12-10-8-9-11-13-34(48)45-29(36(49)50)25-33(43)47)23-22-40(6)28(35(27)42)14-15-31-39(5)19-18-32(46)38(3,4)30(39)17-20-41(31,40)7/h27-32,35,46H,1,8-25H2,2-7H3,(H2,43,47)(H,44,51)(H,45,48)(H,49,50)/t27-,28+,29-,30-,31?,32-,35+,39-,40+,41+,42-/m0/s1. The van der Waals surface area contributed by atoms with Crippen LogP contribution in [-0.2, 0) is 19.2 Å². The molecule has 6 N–H and O–H groups in total. The molecule has 0 aliphatic heterocycles. The number of nitrogens with one attached hydrogen (secondary N) is 2. The molecule has 9 heteroatoms. The van der Waals surface area contributed by atoms with Crippen molar-refractivity contribution in [3.8, 4) is 0 Å². The van der Waals surface area contributed by atoms with E-state index >= 15 is 0 Å². The lowest BCUT2D eigenvalue weighted by Gasteiger charge is -2.72. The molecule has 0 radical (unpaired) electrons. The van der Waals surface area contributed by atoms with Gasteiger partial charge in [-0.05, 0) is 135 Å². The molecule has 0 bridgehead atoms. The van der Waals surface area contributed by atoms with Crippen LogP contribution in [0, 0.1) is 56.7 Å². The molecule has 5 rings (SSSR count). The maximum absolute atomic E-state index is 14.4. The van der Waals surface area contributed by atoms with Crippen LogP contribution in [0.15, 0.2) is 12.2 Å². The van der Waals surface area contributed by atoms with E-state index in [1.54, 1.807) is 0 Å². The number of fused-ring (bicyclic) bond motifs is 7. The van der Waals surface area contributed by atoms with E-state index in [1.807, 2.05) is 0 Å². The summed E-state index contributed by atoms with van der Waals surface area (Å²) >= 11 is 0. The lowest BCUT2D eigenvalue weighted by atomic mass is 9.32. The number of carboxylic acid groups (broad SMARTS) is 1. The zero-order chi connectivity index (χ0) is 37.6. The van der Waals surface area contributed by atoms with Crippen LogP contribution in [0.2, 0.25) is 0 Å². The molecule has 9 nitrogen and oxygen atoms in total. The van der Waals surface area contributed by atoms with Gasteiger partial charge in [-0.25, -0.2) is 4.79 Å². The molecule has 5 aliphatic carbocycles. The van der Waals surface area contributed by atoms with Crippen LogP contribution < -0.4 is 16.4 Å². The van der Waals surface area contributed by atoms with Gasteiger partial charge in [0.15, 0.2) is 0 Å². The van der Waals surface area contributed by atoms with Gasteiger partial charge in [0.25, 0.3) is 0 Å². The first-order valence-corrected chi connectivity index (χ1v) is 20.3. The van der Waals surface area contributed by atoms with E-state index in [1.165, 1.54) is 31.3 Å². The number of unbranched alkanes of at least 4 members (excludes halogenated alkanes) is 4. The average Bonchev–Trinajstić information content (AvgIpc) is 3.45. The topological polar surface area (TPSA) is 159 Å². The van der Waals surface area contributed by atoms with Crippen molar-refractivity contribution in [2.75, 3.05) is 6.54 Å². The summed E-state index contributed by atoms with van der Waals surface area (Å²) in [6, 6.07) is -1.29. The summed E-state index contributed by atoms with van der Waals surface area (Å²) in [5.41, 5.74) is 6.57. The molecule has 288 valence electrons. The molecule has 0 aromatic rings. The fourth-order valence-corrected chi connectivity index (χ4v) is 13.5. The van der Waals surface area contributed by atoms with Gasteiger partial charge >= 0.3 is 5.97 Å². The molecule has 5 aliphatic rings. The van der Waals surface area contributed by atoms with Crippen molar-refractivity contribution in [3.63, 3.8) is 0 Å². The minimum atomic E-state index is -1.29. The molecular formula is C42H69N3O6. The molecule has 0 saturated heterocycles. The first kappa shape index (κ1) is 39.8. The Morgan fingerprint density at radius 1 is 0.824 bits per heavy atom. The number of amides is 3. The van der Waals surface area contributed by atoms with Crippen LogP contribution >= 0.6 is 0 Å². The van der Waals surface area contributed by atoms with E-state index in [9.17, 15) is 29.4 Å². The summed E-state index contributed by atoms with van der Waals surface area (Å²) in [4.78, 5) is 48.9. The van der Waals surface area contributed by atoms with Gasteiger partial charge in [0.2, 0.25) is 17.7 Å². The Morgan fingerprint density at radius 3 is 2.18 bits per heavy atom. The van der Waals surface area contributed by atoms with E-state index in [-0.39, 0.29) is 51.4 Å².